The van der Waals surface area contributed by atoms with Crippen LogP contribution < -0.4 is 0 Å². The predicted octanol–water partition coefficient (Wildman–Crippen LogP) is 15.6. The number of para-hydroxylation sites is 2. The largest absolute Gasteiger partial charge is 1.00 e. The number of rotatable bonds is 7. The van der Waals surface area contributed by atoms with E-state index in [2.05, 4.69) is 218 Å². The zero-order valence-electron chi connectivity index (χ0n) is 31.2. The molecule has 55 heavy (non-hydrogen) atoms. The molecule has 0 bridgehead atoms. The molecule has 1 aromatic heterocycles. The first kappa shape index (κ1) is 32.4. The lowest BCUT2D eigenvalue weighted by Crippen LogP contribution is -1.84. The van der Waals surface area contributed by atoms with E-state index >= 15 is 0 Å². The minimum atomic E-state index is 0. The summed E-state index contributed by atoms with van der Waals surface area (Å²) in [5.41, 5.74) is 18.3. The van der Waals surface area contributed by atoms with E-state index in [1.54, 1.807) is 0 Å². The van der Waals surface area contributed by atoms with Crippen molar-refractivity contribution in [1.82, 2.24) is 0 Å². The standard InChI is InChI=1S/C54H36O.H2.H/c1-3-12-37(13-4-1)43-16-7-18-45(34-43)39-26-30-41(31-27-39)49-22-10-24-51-52-25-11-23-50(54(52)55-53(49)51)42-32-28-40(29-33-42)46-19-9-21-48(36-46)47-20-8-17-44(35-47)38-14-5-2-6-15-38;;/h1-36H;1H;/q;;-1. The minimum absolute atomic E-state index is 0. The Balaban J connectivity index is 0.00000228. The zero-order valence-corrected chi connectivity index (χ0v) is 30.2. The van der Waals surface area contributed by atoms with E-state index in [1.807, 2.05) is 0 Å². The SMILES string of the molecule is [H-].[HH].c1ccc(-c2cccc(-c3ccc(-c4cccc5c4oc4c(-c6ccc(-c7cccc(-c8cccc(-c9ccccc9)c8)c7)cc6)cccc45)cc3)c2)cc1. The van der Waals surface area contributed by atoms with Gasteiger partial charge in [0, 0.05) is 23.3 Å². The minimum Gasteiger partial charge on any atom is -1.00 e. The van der Waals surface area contributed by atoms with Crippen molar-refractivity contribution in [2.75, 3.05) is 0 Å². The van der Waals surface area contributed by atoms with Crippen LogP contribution in [0, 0.1) is 0 Å². The van der Waals surface area contributed by atoms with Gasteiger partial charge in [0.1, 0.15) is 11.2 Å². The lowest BCUT2D eigenvalue weighted by atomic mass is 9.95. The Kier molecular flexibility index (Phi) is 8.24. The molecular weight excluding hydrogens is 665 g/mol. The molecule has 9 aromatic carbocycles. The van der Waals surface area contributed by atoms with Gasteiger partial charge in [-0.1, -0.05) is 200 Å². The number of furan rings is 1. The van der Waals surface area contributed by atoms with E-state index in [9.17, 15) is 0 Å². The Bertz CT molecular complexity index is 2950. The molecule has 0 amide bonds. The van der Waals surface area contributed by atoms with Crippen molar-refractivity contribution in [2.45, 2.75) is 0 Å². The van der Waals surface area contributed by atoms with E-state index in [4.69, 9.17) is 4.42 Å². The second-order valence-corrected chi connectivity index (χ2v) is 14.1. The average molecular weight is 704 g/mol. The van der Waals surface area contributed by atoms with Crippen LogP contribution in [0.5, 0.6) is 0 Å². The van der Waals surface area contributed by atoms with Crippen LogP contribution in [-0.2, 0) is 0 Å². The van der Waals surface area contributed by atoms with Gasteiger partial charge < -0.3 is 5.84 Å². The van der Waals surface area contributed by atoms with Crippen LogP contribution in [-0.4, -0.2) is 0 Å². The number of fused-ring (bicyclic) bond motifs is 3. The normalized spacial score (nSPS) is 11.3. The van der Waals surface area contributed by atoms with Crippen molar-refractivity contribution < 1.29 is 7.27 Å². The Hall–Kier alpha value is -7.22. The maximum Gasteiger partial charge on any atom is 0.143 e. The summed E-state index contributed by atoms with van der Waals surface area (Å²) >= 11 is 0. The van der Waals surface area contributed by atoms with Crippen molar-refractivity contribution in [3.63, 3.8) is 0 Å². The maximum absolute atomic E-state index is 6.82. The van der Waals surface area contributed by atoms with Crippen LogP contribution >= 0.6 is 0 Å². The molecule has 1 heteroatoms. The van der Waals surface area contributed by atoms with Gasteiger partial charge in [0.15, 0.2) is 0 Å². The van der Waals surface area contributed by atoms with Crippen LogP contribution in [0.25, 0.3) is 99.8 Å². The van der Waals surface area contributed by atoms with Crippen LogP contribution in [0.2, 0.25) is 0 Å². The highest BCUT2D eigenvalue weighted by molar-refractivity contribution is 6.13. The van der Waals surface area contributed by atoms with Crippen molar-refractivity contribution in [3.8, 4) is 77.9 Å². The molecule has 0 saturated carbocycles. The van der Waals surface area contributed by atoms with Gasteiger partial charge in [0.05, 0.1) is 0 Å². The molecule has 0 spiro atoms. The molecule has 0 atom stereocenters. The molecule has 0 N–H and O–H groups in total. The fourth-order valence-corrected chi connectivity index (χ4v) is 7.86. The van der Waals surface area contributed by atoms with Gasteiger partial charge in [0.2, 0.25) is 0 Å². The first-order valence-corrected chi connectivity index (χ1v) is 18.8. The predicted molar refractivity (Wildman–Crippen MR) is 235 cm³/mol. The van der Waals surface area contributed by atoms with E-state index in [0.29, 0.717) is 0 Å². The van der Waals surface area contributed by atoms with Gasteiger partial charge in [-0.3, -0.25) is 0 Å². The fourth-order valence-electron chi connectivity index (χ4n) is 7.86. The Morgan fingerprint density at radius 1 is 0.236 bits per heavy atom. The molecule has 262 valence electrons. The number of hydrogen-bond acceptors (Lipinski definition) is 1. The first-order chi connectivity index (χ1) is 27.2. The topological polar surface area (TPSA) is 13.1 Å². The number of benzene rings is 9. The van der Waals surface area contributed by atoms with Crippen LogP contribution in [0.3, 0.4) is 0 Å². The molecule has 0 radical (unpaired) electrons. The summed E-state index contributed by atoms with van der Waals surface area (Å²) in [6.07, 6.45) is 0. The summed E-state index contributed by atoms with van der Waals surface area (Å²) < 4.78 is 6.82. The second-order valence-electron chi connectivity index (χ2n) is 14.1. The van der Waals surface area contributed by atoms with Gasteiger partial charge in [-0.05, 0) is 85.0 Å². The van der Waals surface area contributed by atoms with Crippen LogP contribution in [0.1, 0.15) is 2.85 Å². The lowest BCUT2D eigenvalue weighted by molar-refractivity contribution is 0.671. The molecule has 1 nitrogen and oxygen atoms in total. The summed E-state index contributed by atoms with van der Waals surface area (Å²) in [5, 5.41) is 2.25. The lowest BCUT2D eigenvalue weighted by Gasteiger charge is -2.09. The monoisotopic (exact) mass is 703 g/mol. The summed E-state index contributed by atoms with van der Waals surface area (Å²) in [6.45, 7) is 0. The van der Waals surface area contributed by atoms with Crippen molar-refractivity contribution in [1.29, 1.82) is 0 Å². The molecule has 0 saturated heterocycles. The second kappa shape index (κ2) is 14.0. The van der Waals surface area contributed by atoms with Gasteiger partial charge in [-0.2, -0.15) is 0 Å². The van der Waals surface area contributed by atoms with Gasteiger partial charge in [-0.15, -0.1) is 0 Å². The molecule has 0 fully saturated rings. The molecule has 1 heterocycles. The van der Waals surface area contributed by atoms with E-state index in [0.717, 1.165) is 44.2 Å². The zero-order chi connectivity index (χ0) is 36.6. The smallest absolute Gasteiger partial charge is 0.143 e. The number of hydrogen-bond donors (Lipinski definition) is 0. The third kappa shape index (κ3) is 6.22. The summed E-state index contributed by atoms with van der Waals surface area (Å²) in [6, 6.07) is 78.1. The Morgan fingerprint density at radius 2 is 0.509 bits per heavy atom. The van der Waals surface area contributed by atoms with Crippen LogP contribution in [0.4, 0.5) is 0 Å². The van der Waals surface area contributed by atoms with E-state index < -0.39 is 0 Å². The molecule has 10 aromatic rings. The molecule has 0 aliphatic carbocycles. The average Bonchev–Trinajstić information content (AvgIpc) is 3.67. The quantitative estimate of drug-likeness (QED) is 0.161. The van der Waals surface area contributed by atoms with Gasteiger partial charge in [-0.25, -0.2) is 0 Å². The molecule has 0 aliphatic rings. The highest BCUT2D eigenvalue weighted by atomic mass is 16.3. The Labute approximate surface area is 324 Å². The highest BCUT2D eigenvalue weighted by Gasteiger charge is 2.16. The summed E-state index contributed by atoms with van der Waals surface area (Å²) in [4.78, 5) is 0. The molecule has 10 rings (SSSR count). The molecule has 0 aliphatic heterocycles. The van der Waals surface area contributed by atoms with Gasteiger partial charge in [0.25, 0.3) is 0 Å². The molecular formula is C54H39O-. The first-order valence-electron chi connectivity index (χ1n) is 18.8. The molecule has 0 unspecified atom stereocenters. The Morgan fingerprint density at radius 3 is 0.873 bits per heavy atom. The van der Waals surface area contributed by atoms with Crippen molar-refractivity contribution >= 4 is 21.9 Å². The van der Waals surface area contributed by atoms with E-state index in [1.165, 1.54) is 55.6 Å². The summed E-state index contributed by atoms with van der Waals surface area (Å²) in [5.74, 6) is 0. The van der Waals surface area contributed by atoms with Crippen molar-refractivity contribution in [2.24, 2.45) is 0 Å². The van der Waals surface area contributed by atoms with E-state index in [-0.39, 0.29) is 2.85 Å². The van der Waals surface area contributed by atoms with Crippen LogP contribution in [0.15, 0.2) is 223 Å². The third-order valence-electron chi connectivity index (χ3n) is 10.7. The van der Waals surface area contributed by atoms with Crippen molar-refractivity contribution in [3.05, 3.63) is 218 Å². The van der Waals surface area contributed by atoms with Gasteiger partial charge >= 0.3 is 0 Å². The third-order valence-corrected chi connectivity index (χ3v) is 10.7. The fraction of sp³-hybridized carbons (Fsp3) is 0. The maximum atomic E-state index is 6.82. The highest BCUT2D eigenvalue weighted by Crippen LogP contribution is 2.41. The summed E-state index contributed by atoms with van der Waals surface area (Å²) in [7, 11) is 0.